The number of rotatable bonds is 6. The number of hydrazine groups is 1. The van der Waals surface area contributed by atoms with E-state index >= 15 is 0 Å². The van der Waals surface area contributed by atoms with Crippen molar-refractivity contribution in [2.45, 2.75) is 19.9 Å². The summed E-state index contributed by atoms with van der Waals surface area (Å²) < 4.78 is 1.69. The summed E-state index contributed by atoms with van der Waals surface area (Å²) in [6, 6.07) is 2.13. The third-order valence-electron chi connectivity index (χ3n) is 3.74. The fraction of sp³-hybridized carbons (Fsp3) is 0.375. The summed E-state index contributed by atoms with van der Waals surface area (Å²) in [5.41, 5.74) is 2.19. The number of nitrogens with zero attached hydrogens (tertiary/aromatic N) is 5. The third-order valence-corrected chi connectivity index (χ3v) is 3.94. The van der Waals surface area contributed by atoms with Gasteiger partial charge in [0.25, 0.3) is 0 Å². The van der Waals surface area contributed by atoms with Gasteiger partial charge < -0.3 is 10.1 Å². The van der Waals surface area contributed by atoms with E-state index in [0.717, 1.165) is 43.0 Å². The Hall–Kier alpha value is -1.89. The molecule has 0 aliphatic carbocycles. The van der Waals surface area contributed by atoms with Crippen LogP contribution in [0.4, 0.5) is 0 Å². The summed E-state index contributed by atoms with van der Waals surface area (Å²) in [7, 11) is 0. The Bertz CT molecular complexity index is 700. The van der Waals surface area contributed by atoms with Gasteiger partial charge in [0.1, 0.15) is 0 Å². The lowest BCUT2D eigenvalue weighted by Gasteiger charge is -2.29. The van der Waals surface area contributed by atoms with E-state index in [4.69, 9.17) is 16.7 Å². The highest BCUT2D eigenvalue weighted by molar-refractivity contribution is 6.30. The van der Waals surface area contributed by atoms with Crippen LogP contribution in [-0.4, -0.2) is 49.6 Å². The molecule has 0 saturated heterocycles. The van der Waals surface area contributed by atoms with Crippen LogP contribution in [0.5, 0.6) is 0 Å². The lowest BCUT2D eigenvalue weighted by Crippen LogP contribution is -2.35. The van der Waals surface area contributed by atoms with E-state index in [1.807, 2.05) is 13.1 Å². The van der Waals surface area contributed by atoms with Gasteiger partial charge in [-0.05, 0) is 30.5 Å². The van der Waals surface area contributed by atoms with Crippen molar-refractivity contribution in [3.8, 4) is 5.82 Å². The highest BCUT2D eigenvalue weighted by Crippen LogP contribution is 2.18. The number of aliphatic hydroxyl groups is 1. The van der Waals surface area contributed by atoms with Crippen molar-refractivity contribution in [2.75, 3.05) is 19.7 Å². The summed E-state index contributed by atoms with van der Waals surface area (Å²) in [4.78, 5) is 4.53. The van der Waals surface area contributed by atoms with Crippen molar-refractivity contribution in [3.63, 3.8) is 0 Å². The first-order valence-electron chi connectivity index (χ1n) is 7.62. The van der Waals surface area contributed by atoms with E-state index in [2.05, 4.69) is 38.4 Å². The Labute approximate surface area is 140 Å². The van der Waals surface area contributed by atoms with E-state index in [9.17, 15) is 0 Å². The molecule has 3 rings (SSSR count). The highest BCUT2D eigenvalue weighted by atomic mass is 35.5. The number of hydrogen-bond acceptors (Lipinski definition) is 5. The van der Waals surface area contributed by atoms with E-state index < -0.39 is 0 Å². The Balaban J connectivity index is 1.71. The van der Waals surface area contributed by atoms with E-state index in [1.54, 1.807) is 17.1 Å². The molecule has 0 atom stereocenters. The minimum atomic E-state index is 0.208. The molecule has 0 fully saturated rings. The zero-order valence-corrected chi connectivity index (χ0v) is 13.8. The molecule has 2 aromatic heterocycles. The highest BCUT2D eigenvalue weighted by Gasteiger charge is 2.16. The molecule has 0 radical (unpaired) electrons. The average molecular weight is 334 g/mol. The molecule has 0 unspecified atom stereocenters. The predicted molar refractivity (Wildman–Crippen MR) is 89.1 cm³/mol. The molecular weight excluding hydrogens is 314 g/mol. The molecule has 1 N–H and O–H groups in total. The lowest BCUT2D eigenvalue weighted by atomic mass is 10.2. The molecule has 0 spiro atoms. The molecular formula is C16H20ClN5O. The maximum Gasteiger partial charge on any atom is 0.156 e. The van der Waals surface area contributed by atoms with E-state index in [1.165, 1.54) is 0 Å². The lowest BCUT2D eigenvalue weighted by molar-refractivity contribution is 0.0378. The molecule has 23 heavy (non-hydrogen) atoms. The molecule has 3 heterocycles. The van der Waals surface area contributed by atoms with Crippen LogP contribution in [0.1, 0.15) is 17.5 Å². The Morgan fingerprint density at radius 3 is 2.91 bits per heavy atom. The SMILES string of the molecule is Cc1cc(CN2CC=CN2CCCO)cnc1-n1cc(Cl)cn1. The van der Waals surface area contributed by atoms with Crippen LogP contribution in [0.25, 0.3) is 5.82 Å². The number of hydrogen-bond donors (Lipinski definition) is 1. The number of halogens is 1. The van der Waals surface area contributed by atoms with Crippen LogP contribution < -0.4 is 0 Å². The molecule has 1 aliphatic rings. The maximum absolute atomic E-state index is 8.98. The largest absolute Gasteiger partial charge is 0.396 e. The normalized spacial score (nSPS) is 14.8. The van der Waals surface area contributed by atoms with Gasteiger partial charge >= 0.3 is 0 Å². The maximum atomic E-state index is 8.98. The van der Waals surface area contributed by atoms with Crippen molar-refractivity contribution < 1.29 is 5.11 Å². The van der Waals surface area contributed by atoms with Crippen LogP contribution in [0.2, 0.25) is 5.02 Å². The Kier molecular flexibility index (Phi) is 4.95. The van der Waals surface area contributed by atoms with Gasteiger partial charge in [0.05, 0.1) is 17.4 Å². The average Bonchev–Trinajstić information content (AvgIpc) is 3.14. The first kappa shape index (κ1) is 16.0. The summed E-state index contributed by atoms with van der Waals surface area (Å²) in [5, 5.41) is 18.2. The van der Waals surface area contributed by atoms with E-state index in [-0.39, 0.29) is 6.61 Å². The first-order chi connectivity index (χ1) is 11.2. The van der Waals surface area contributed by atoms with Gasteiger partial charge in [0.2, 0.25) is 0 Å². The molecule has 0 aromatic carbocycles. The minimum Gasteiger partial charge on any atom is -0.396 e. The molecule has 0 amide bonds. The Morgan fingerprint density at radius 1 is 1.35 bits per heavy atom. The van der Waals surface area contributed by atoms with Crippen LogP contribution in [0.3, 0.4) is 0 Å². The van der Waals surface area contributed by atoms with E-state index in [0.29, 0.717) is 5.02 Å². The monoisotopic (exact) mass is 333 g/mol. The molecule has 1 aliphatic heterocycles. The molecule has 0 saturated carbocycles. The van der Waals surface area contributed by atoms with Gasteiger partial charge in [-0.2, -0.15) is 5.10 Å². The van der Waals surface area contributed by atoms with Gasteiger partial charge in [-0.15, -0.1) is 0 Å². The second-order valence-corrected chi connectivity index (χ2v) is 6.00. The van der Waals surface area contributed by atoms with Crippen molar-refractivity contribution in [3.05, 3.63) is 53.1 Å². The predicted octanol–water partition coefficient (Wildman–Crippen LogP) is 2.16. The molecule has 0 bridgehead atoms. The van der Waals surface area contributed by atoms with Crippen molar-refractivity contribution in [2.24, 2.45) is 0 Å². The molecule has 2 aromatic rings. The topological polar surface area (TPSA) is 57.4 Å². The van der Waals surface area contributed by atoms with Gasteiger partial charge in [-0.3, -0.25) is 0 Å². The van der Waals surface area contributed by atoms with Crippen LogP contribution in [0, 0.1) is 6.92 Å². The zero-order chi connectivity index (χ0) is 16.2. The summed E-state index contributed by atoms with van der Waals surface area (Å²) in [6.07, 6.45) is 10.2. The molecule has 7 heteroatoms. The quantitative estimate of drug-likeness (QED) is 0.878. The fourth-order valence-electron chi connectivity index (χ4n) is 2.67. The summed E-state index contributed by atoms with van der Waals surface area (Å²) >= 11 is 5.92. The number of aryl methyl sites for hydroxylation is 1. The number of aliphatic hydroxyl groups excluding tert-OH is 1. The van der Waals surface area contributed by atoms with Gasteiger partial charge in [0, 0.05) is 38.6 Å². The Morgan fingerprint density at radius 2 is 2.22 bits per heavy atom. The standard InChI is InChI=1S/C16H20ClN5O/c1-13-8-14(9-18-16(13)22-12-15(17)10-19-22)11-21-5-2-4-20(21)6-3-7-23/h2,4,8-10,12,23H,3,5-7,11H2,1H3. The minimum absolute atomic E-state index is 0.208. The third kappa shape index (κ3) is 3.72. The van der Waals surface area contributed by atoms with Crippen molar-refractivity contribution in [1.29, 1.82) is 0 Å². The molecule has 6 nitrogen and oxygen atoms in total. The van der Waals surface area contributed by atoms with Crippen LogP contribution in [-0.2, 0) is 6.54 Å². The smallest absolute Gasteiger partial charge is 0.156 e. The number of aromatic nitrogens is 3. The first-order valence-corrected chi connectivity index (χ1v) is 8.00. The fourth-order valence-corrected chi connectivity index (χ4v) is 2.81. The second-order valence-electron chi connectivity index (χ2n) is 5.56. The van der Waals surface area contributed by atoms with Gasteiger partial charge in [-0.25, -0.2) is 14.7 Å². The van der Waals surface area contributed by atoms with Crippen LogP contribution in [0.15, 0.2) is 36.9 Å². The van der Waals surface area contributed by atoms with Crippen LogP contribution >= 0.6 is 11.6 Å². The zero-order valence-electron chi connectivity index (χ0n) is 13.1. The summed E-state index contributed by atoms with van der Waals surface area (Å²) in [5.74, 6) is 0.789. The number of pyridine rings is 1. The summed E-state index contributed by atoms with van der Waals surface area (Å²) in [6.45, 7) is 4.71. The van der Waals surface area contributed by atoms with Crippen molar-refractivity contribution >= 4 is 11.6 Å². The molecule has 122 valence electrons. The van der Waals surface area contributed by atoms with Crippen molar-refractivity contribution in [1.82, 2.24) is 24.8 Å². The van der Waals surface area contributed by atoms with Gasteiger partial charge in [0.15, 0.2) is 5.82 Å². The van der Waals surface area contributed by atoms with Gasteiger partial charge in [-0.1, -0.05) is 17.7 Å². The second kappa shape index (κ2) is 7.12.